The van der Waals surface area contributed by atoms with Crippen LogP contribution in [0, 0.1) is 5.41 Å². The SMILES string of the molecule is CCCc1nccn1CC(C)(C)C(=O)OC. The van der Waals surface area contributed by atoms with Crippen molar-refractivity contribution in [3.05, 3.63) is 18.2 Å². The van der Waals surface area contributed by atoms with Crippen LogP contribution in [0.25, 0.3) is 0 Å². The molecule has 0 bridgehead atoms. The van der Waals surface area contributed by atoms with E-state index >= 15 is 0 Å². The average molecular weight is 224 g/mol. The van der Waals surface area contributed by atoms with Gasteiger partial charge in [-0.1, -0.05) is 6.92 Å². The predicted octanol–water partition coefficient (Wildman–Crippen LogP) is 2.03. The number of aryl methyl sites for hydroxylation is 1. The molecule has 1 heterocycles. The van der Waals surface area contributed by atoms with E-state index in [0.29, 0.717) is 6.54 Å². The molecule has 0 aliphatic carbocycles. The van der Waals surface area contributed by atoms with Gasteiger partial charge in [0.25, 0.3) is 0 Å². The van der Waals surface area contributed by atoms with Crippen LogP contribution in [0.1, 0.15) is 33.0 Å². The molecule has 4 nitrogen and oxygen atoms in total. The molecule has 16 heavy (non-hydrogen) atoms. The third-order valence-electron chi connectivity index (χ3n) is 2.58. The number of rotatable bonds is 5. The molecule has 0 spiro atoms. The van der Waals surface area contributed by atoms with E-state index in [-0.39, 0.29) is 5.97 Å². The van der Waals surface area contributed by atoms with Crippen LogP contribution in [0.4, 0.5) is 0 Å². The molecular weight excluding hydrogens is 204 g/mol. The molecular formula is C12H20N2O2. The molecule has 0 aromatic carbocycles. The van der Waals surface area contributed by atoms with Gasteiger partial charge in [0.05, 0.1) is 12.5 Å². The van der Waals surface area contributed by atoms with E-state index in [9.17, 15) is 4.79 Å². The van der Waals surface area contributed by atoms with Crippen molar-refractivity contribution in [1.29, 1.82) is 0 Å². The fourth-order valence-corrected chi connectivity index (χ4v) is 1.70. The third kappa shape index (κ3) is 2.84. The number of methoxy groups -OCH3 is 1. The van der Waals surface area contributed by atoms with E-state index in [1.165, 1.54) is 7.11 Å². The summed E-state index contributed by atoms with van der Waals surface area (Å²) in [6.45, 7) is 6.49. The van der Waals surface area contributed by atoms with Crippen LogP contribution in [0.2, 0.25) is 0 Å². The zero-order valence-corrected chi connectivity index (χ0v) is 10.5. The summed E-state index contributed by atoms with van der Waals surface area (Å²) in [5, 5.41) is 0. The molecule has 0 saturated carbocycles. The van der Waals surface area contributed by atoms with Gasteiger partial charge in [-0.2, -0.15) is 0 Å². The number of carbonyl (C=O) groups is 1. The highest BCUT2D eigenvalue weighted by Gasteiger charge is 2.29. The van der Waals surface area contributed by atoms with Crippen LogP contribution < -0.4 is 0 Å². The molecule has 0 fully saturated rings. The van der Waals surface area contributed by atoms with E-state index in [0.717, 1.165) is 18.7 Å². The van der Waals surface area contributed by atoms with Crippen LogP contribution >= 0.6 is 0 Å². The number of aromatic nitrogens is 2. The van der Waals surface area contributed by atoms with Gasteiger partial charge in [-0.05, 0) is 20.3 Å². The molecule has 0 unspecified atom stereocenters. The normalized spacial score (nSPS) is 11.5. The molecule has 1 aromatic heterocycles. The number of nitrogens with zero attached hydrogens (tertiary/aromatic N) is 2. The second kappa shape index (κ2) is 5.14. The minimum Gasteiger partial charge on any atom is -0.469 e. The molecule has 0 radical (unpaired) electrons. The van der Waals surface area contributed by atoms with Crippen molar-refractivity contribution < 1.29 is 9.53 Å². The minimum absolute atomic E-state index is 0.191. The molecule has 4 heteroatoms. The Balaban J connectivity index is 2.79. The Morgan fingerprint density at radius 2 is 2.25 bits per heavy atom. The zero-order chi connectivity index (χ0) is 12.2. The van der Waals surface area contributed by atoms with Gasteiger partial charge in [0.15, 0.2) is 0 Å². The van der Waals surface area contributed by atoms with E-state index in [1.54, 1.807) is 6.20 Å². The van der Waals surface area contributed by atoms with Gasteiger partial charge >= 0.3 is 5.97 Å². The minimum atomic E-state index is -0.516. The number of ether oxygens (including phenoxy) is 1. The van der Waals surface area contributed by atoms with Crippen LogP contribution in [-0.4, -0.2) is 22.6 Å². The fourth-order valence-electron chi connectivity index (χ4n) is 1.70. The highest BCUT2D eigenvalue weighted by molar-refractivity contribution is 5.75. The zero-order valence-electron chi connectivity index (χ0n) is 10.5. The first-order valence-corrected chi connectivity index (χ1v) is 5.59. The maximum atomic E-state index is 11.6. The topological polar surface area (TPSA) is 44.1 Å². The summed E-state index contributed by atoms with van der Waals surface area (Å²) in [7, 11) is 1.42. The summed E-state index contributed by atoms with van der Waals surface area (Å²) in [5.74, 6) is 0.836. The van der Waals surface area contributed by atoms with Crippen LogP contribution in [0.3, 0.4) is 0 Å². The number of hydrogen-bond acceptors (Lipinski definition) is 3. The lowest BCUT2D eigenvalue weighted by atomic mass is 9.93. The Kier molecular flexibility index (Phi) is 4.10. The quantitative estimate of drug-likeness (QED) is 0.719. The summed E-state index contributed by atoms with van der Waals surface area (Å²) >= 11 is 0. The highest BCUT2D eigenvalue weighted by Crippen LogP contribution is 2.21. The molecule has 0 amide bonds. The molecule has 0 aliphatic rings. The standard InChI is InChI=1S/C12H20N2O2/c1-5-6-10-13-7-8-14(10)9-12(2,3)11(15)16-4/h7-8H,5-6,9H2,1-4H3. The van der Waals surface area contributed by atoms with Crippen LogP contribution in [-0.2, 0) is 22.5 Å². The first-order chi connectivity index (χ1) is 7.51. The number of hydrogen-bond donors (Lipinski definition) is 0. The summed E-state index contributed by atoms with van der Waals surface area (Å²) in [4.78, 5) is 15.9. The van der Waals surface area contributed by atoms with Crippen molar-refractivity contribution in [1.82, 2.24) is 9.55 Å². The Hall–Kier alpha value is -1.32. The second-order valence-corrected chi connectivity index (χ2v) is 4.60. The van der Waals surface area contributed by atoms with E-state index in [1.807, 2.05) is 24.6 Å². The van der Waals surface area contributed by atoms with Crippen molar-refractivity contribution in [3.8, 4) is 0 Å². The molecule has 0 aliphatic heterocycles. The summed E-state index contributed by atoms with van der Waals surface area (Å²) in [6, 6.07) is 0. The Labute approximate surface area is 96.6 Å². The van der Waals surface area contributed by atoms with E-state index in [2.05, 4.69) is 11.9 Å². The van der Waals surface area contributed by atoms with Crippen molar-refractivity contribution >= 4 is 5.97 Å². The summed E-state index contributed by atoms with van der Waals surface area (Å²) in [5.41, 5.74) is -0.516. The van der Waals surface area contributed by atoms with Gasteiger partial charge in [-0.15, -0.1) is 0 Å². The van der Waals surface area contributed by atoms with E-state index in [4.69, 9.17) is 4.74 Å². The summed E-state index contributed by atoms with van der Waals surface area (Å²) in [6.07, 6.45) is 5.67. The molecule has 0 N–H and O–H groups in total. The maximum Gasteiger partial charge on any atom is 0.313 e. The fraction of sp³-hybridized carbons (Fsp3) is 0.667. The number of esters is 1. The van der Waals surface area contributed by atoms with Crippen molar-refractivity contribution in [2.75, 3.05) is 7.11 Å². The van der Waals surface area contributed by atoms with Gasteiger partial charge < -0.3 is 9.30 Å². The lowest BCUT2D eigenvalue weighted by Gasteiger charge is -2.22. The van der Waals surface area contributed by atoms with Crippen LogP contribution in [0.15, 0.2) is 12.4 Å². The van der Waals surface area contributed by atoms with Crippen LogP contribution in [0.5, 0.6) is 0 Å². The molecule has 1 aromatic rings. The first kappa shape index (κ1) is 12.7. The second-order valence-electron chi connectivity index (χ2n) is 4.60. The predicted molar refractivity (Wildman–Crippen MR) is 62.0 cm³/mol. The average Bonchev–Trinajstić information content (AvgIpc) is 2.64. The largest absolute Gasteiger partial charge is 0.469 e. The van der Waals surface area contributed by atoms with Gasteiger partial charge in [0.1, 0.15) is 5.82 Å². The van der Waals surface area contributed by atoms with E-state index < -0.39 is 5.41 Å². The maximum absolute atomic E-state index is 11.6. The molecule has 90 valence electrons. The Bertz CT molecular complexity index is 356. The molecule has 1 rings (SSSR count). The highest BCUT2D eigenvalue weighted by atomic mass is 16.5. The molecule has 0 saturated heterocycles. The lowest BCUT2D eigenvalue weighted by Crippen LogP contribution is -2.31. The van der Waals surface area contributed by atoms with Gasteiger partial charge in [0, 0.05) is 25.4 Å². The Morgan fingerprint density at radius 1 is 1.56 bits per heavy atom. The van der Waals surface area contributed by atoms with Gasteiger partial charge in [0.2, 0.25) is 0 Å². The van der Waals surface area contributed by atoms with Crippen molar-refractivity contribution in [3.63, 3.8) is 0 Å². The Morgan fingerprint density at radius 3 is 2.81 bits per heavy atom. The first-order valence-electron chi connectivity index (χ1n) is 5.59. The van der Waals surface area contributed by atoms with Gasteiger partial charge in [-0.3, -0.25) is 4.79 Å². The number of imidazole rings is 1. The third-order valence-corrected chi connectivity index (χ3v) is 2.58. The molecule has 0 atom stereocenters. The smallest absolute Gasteiger partial charge is 0.313 e. The monoisotopic (exact) mass is 224 g/mol. The number of carbonyl (C=O) groups excluding carboxylic acids is 1. The van der Waals surface area contributed by atoms with Gasteiger partial charge in [-0.25, -0.2) is 4.98 Å². The summed E-state index contributed by atoms with van der Waals surface area (Å²) < 4.78 is 6.82. The lowest BCUT2D eigenvalue weighted by molar-refractivity contribution is -0.151. The van der Waals surface area contributed by atoms with Crippen molar-refractivity contribution in [2.45, 2.75) is 40.2 Å². The van der Waals surface area contributed by atoms with Crippen molar-refractivity contribution in [2.24, 2.45) is 5.41 Å².